The van der Waals surface area contributed by atoms with Gasteiger partial charge in [0.1, 0.15) is 5.82 Å². The van der Waals surface area contributed by atoms with Gasteiger partial charge in [-0.2, -0.15) is 13.2 Å². The fraction of sp³-hybridized carbons (Fsp3) is 0.625. The number of benzene rings is 1. The highest BCUT2D eigenvalue weighted by Crippen LogP contribution is 2.34. The third kappa shape index (κ3) is 4.20. The molecule has 1 aliphatic heterocycles. The van der Waals surface area contributed by atoms with Gasteiger partial charge in [-0.05, 0) is 24.1 Å². The Balaban J connectivity index is 2.24. The first kappa shape index (κ1) is 17.2. The lowest BCUT2D eigenvalue weighted by molar-refractivity contribution is -0.140. The molecule has 124 valence electrons. The van der Waals surface area contributed by atoms with Crippen molar-refractivity contribution in [1.82, 2.24) is 10.2 Å². The number of nitrogens with one attached hydrogen (secondary N) is 1. The molecule has 0 aliphatic carbocycles. The molecule has 1 aromatic rings. The first-order valence-corrected chi connectivity index (χ1v) is 7.75. The molecule has 1 heterocycles. The first-order valence-electron chi connectivity index (χ1n) is 7.75. The van der Waals surface area contributed by atoms with Crippen LogP contribution < -0.4 is 5.32 Å². The minimum Gasteiger partial charge on any atom is -0.314 e. The molecule has 22 heavy (non-hydrogen) atoms. The Morgan fingerprint density at radius 1 is 1.23 bits per heavy atom. The van der Waals surface area contributed by atoms with Gasteiger partial charge in [0.2, 0.25) is 0 Å². The second-order valence-corrected chi connectivity index (χ2v) is 5.68. The molecule has 0 saturated carbocycles. The van der Waals surface area contributed by atoms with Crippen LogP contribution in [-0.2, 0) is 6.18 Å². The maximum Gasteiger partial charge on any atom is 0.419 e. The molecule has 1 aliphatic rings. The quantitative estimate of drug-likeness (QED) is 0.826. The molecule has 6 heteroatoms. The zero-order chi connectivity index (χ0) is 16.2. The van der Waals surface area contributed by atoms with Crippen molar-refractivity contribution in [3.05, 3.63) is 35.1 Å². The average molecular weight is 318 g/mol. The van der Waals surface area contributed by atoms with Gasteiger partial charge in [-0.15, -0.1) is 0 Å². The van der Waals surface area contributed by atoms with Crippen LogP contribution >= 0.6 is 0 Å². The Morgan fingerprint density at radius 3 is 2.45 bits per heavy atom. The van der Waals surface area contributed by atoms with Crippen molar-refractivity contribution in [3.8, 4) is 0 Å². The fourth-order valence-corrected chi connectivity index (χ4v) is 2.92. The second-order valence-electron chi connectivity index (χ2n) is 5.68. The SMILES string of the molecule is CCCC[C@@H](c1ccc(C(F)(F)F)c(F)c1)N1CCNCC1. The van der Waals surface area contributed by atoms with E-state index in [9.17, 15) is 17.6 Å². The summed E-state index contributed by atoms with van der Waals surface area (Å²) >= 11 is 0. The molecule has 0 radical (unpaired) electrons. The lowest BCUT2D eigenvalue weighted by Gasteiger charge is -2.35. The van der Waals surface area contributed by atoms with E-state index in [4.69, 9.17) is 0 Å². The van der Waals surface area contributed by atoms with Crippen molar-refractivity contribution in [2.75, 3.05) is 26.2 Å². The summed E-state index contributed by atoms with van der Waals surface area (Å²) in [5, 5.41) is 3.25. The molecular formula is C16H22F4N2. The van der Waals surface area contributed by atoms with E-state index < -0.39 is 17.6 Å². The number of rotatable bonds is 5. The number of hydrogen-bond acceptors (Lipinski definition) is 2. The summed E-state index contributed by atoms with van der Waals surface area (Å²) in [6.45, 7) is 5.44. The second kappa shape index (κ2) is 7.42. The molecule has 2 nitrogen and oxygen atoms in total. The van der Waals surface area contributed by atoms with Crippen LogP contribution in [0.3, 0.4) is 0 Å². The lowest BCUT2D eigenvalue weighted by atomic mass is 9.97. The molecule has 0 aromatic heterocycles. The molecule has 1 saturated heterocycles. The molecule has 1 aromatic carbocycles. The number of piperazine rings is 1. The molecule has 0 unspecified atom stereocenters. The van der Waals surface area contributed by atoms with E-state index in [-0.39, 0.29) is 6.04 Å². The van der Waals surface area contributed by atoms with Crippen LogP contribution in [-0.4, -0.2) is 31.1 Å². The molecule has 1 N–H and O–H groups in total. The molecule has 2 rings (SSSR count). The highest BCUT2D eigenvalue weighted by atomic mass is 19.4. The van der Waals surface area contributed by atoms with Crippen LogP contribution in [0, 0.1) is 5.82 Å². The Morgan fingerprint density at radius 2 is 1.91 bits per heavy atom. The third-order valence-electron chi connectivity index (χ3n) is 4.11. The van der Waals surface area contributed by atoms with Crippen molar-refractivity contribution in [2.45, 2.75) is 38.4 Å². The number of alkyl halides is 3. The minimum absolute atomic E-state index is 0.0150. The van der Waals surface area contributed by atoms with Gasteiger partial charge in [-0.25, -0.2) is 4.39 Å². The van der Waals surface area contributed by atoms with Gasteiger partial charge in [0.05, 0.1) is 5.56 Å². The minimum atomic E-state index is -4.64. The molecule has 1 fully saturated rings. The van der Waals surface area contributed by atoms with Crippen molar-refractivity contribution < 1.29 is 17.6 Å². The molecule has 0 spiro atoms. The lowest BCUT2D eigenvalue weighted by Crippen LogP contribution is -2.45. The van der Waals surface area contributed by atoms with Crippen LogP contribution in [0.5, 0.6) is 0 Å². The summed E-state index contributed by atoms with van der Waals surface area (Å²) in [5.74, 6) is -1.18. The fourth-order valence-electron chi connectivity index (χ4n) is 2.92. The van der Waals surface area contributed by atoms with Crippen LogP contribution in [0.1, 0.15) is 43.4 Å². The summed E-state index contributed by atoms with van der Waals surface area (Å²) in [4.78, 5) is 2.23. The van der Waals surface area contributed by atoms with Gasteiger partial charge in [0.25, 0.3) is 0 Å². The Labute approximate surface area is 128 Å². The molecule has 1 atom stereocenters. The predicted molar refractivity (Wildman–Crippen MR) is 78.1 cm³/mol. The standard InChI is InChI=1S/C16H22F4N2/c1-2-3-4-15(22-9-7-21-8-10-22)12-5-6-13(14(17)11-12)16(18,19)20/h5-6,11,15,21H,2-4,7-10H2,1H3/t15-/m0/s1. The predicted octanol–water partition coefficient (Wildman–Crippen LogP) is 3.98. The van der Waals surface area contributed by atoms with E-state index in [1.165, 1.54) is 6.07 Å². The van der Waals surface area contributed by atoms with E-state index in [0.29, 0.717) is 5.56 Å². The summed E-state index contributed by atoms with van der Waals surface area (Å²) in [5.41, 5.74) is -0.549. The molecule has 0 amide bonds. The summed E-state index contributed by atoms with van der Waals surface area (Å²) in [6, 6.07) is 3.34. The summed E-state index contributed by atoms with van der Waals surface area (Å²) < 4.78 is 51.9. The first-order chi connectivity index (χ1) is 10.4. The number of hydrogen-bond donors (Lipinski definition) is 1. The van der Waals surface area contributed by atoms with E-state index in [1.54, 1.807) is 0 Å². The highest BCUT2D eigenvalue weighted by molar-refractivity contribution is 5.28. The van der Waals surface area contributed by atoms with Crippen molar-refractivity contribution >= 4 is 0 Å². The van der Waals surface area contributed by atoms with Crippen LogP contribution in [0.15, 0.2) is 18.2 Å². The molecular weight excluding hydrogens is 296 g/mol. The van der Waals surface area contributed by atoms with E-state index in [2.05, 4.69) is 17.1 Å². The normalized spacial score (nSPS) is 18.4. The van der Waals surface area contributed by atoms with Crippen LogP contribution in [0.2, 0.25) is 0 Å². The Hall–Kier alpha value is -1.14. The van der Waals surface area contributed by atoms with Crippen molar-refractivity contribution in [2.24, 2.45) is 0 Å². The molecule has 0 bridgehead atoms. The van der Waals surface area contributed by atoms with Gasteiger partial charge in [-0.1, -0.05) is 25.8 Å². The summed E-state index contributed by atoms with van der Waals surface area (Å²) in [6.07, 6.45) is -1.83. The topological polar surface area (TPSA) is 15.3 Å². The van der Waals surface area contributed by atoms with E-state index in [1.807, 2.05) is 0 Å². The summed E-state index contributed by atoms with van der Waals surface area (Å²) in [7, 11) is 0. The highest BCUT2D eigenvalue weighted by Gasteiger charge is 2.34. The van der Waals surface area contributed by atoms with Crippen molar-refractivity contribution in [1.29, 1.82) is 0 Å². The zero-order valence-electron chi connectivity index (χ0n) is 12.7. The van der Waals surface area contributed by atoms with Gasteiger partial charge in [-0.3, -0.25) is 4.90 Å². The van der Waals surface area contributed by atoms with Gasteiger partial charge in [0.15, 0.2) is 0 Å². The zero-order valence-corrected chi connectivity index (χ0v) is 12.7. The van der Waals surface area contributed by atoms with Crippen LogP contribution in [0.4, 0.5) is 17.6 Å². The monoisotopic (exact) mass is 318 g/mol. The van der Waals surface area contributed by atoms with Gasteiger partial charge < -0.3 is 5.32 Å². The smallest absolute Gasteiger partial charge is 0.314 e. The average Bonchev–Trinajstić information content (AvgIpc) is 2.47. The van der Waals surface area contributed by atoms with Gasteiger partial charge >= 0.3 is 6.18 Å². The largest absolute Gasteiger partial charge is 0.419 e. The number of nitrogens with zero attached hydrogens (tertiary/aromatic N) is 1. The number of unbranched alkanes of at least 4 members (excludes halogenated alkanes) is 1. The van der Waals surface area contributed by atoms with Gasteiger partial charge in [0, 0.05) is 32.2 Å². The maximum atomic E-state index is 13.8. The third-order valence-corrected chi connectivity index (χ3v) is 4.11. The van der Waals surface area contributed by atoms with E-state index in [0.717, 1.165) is 57.6 Å². The van der Waals surface area contributed by atoms with Crippen LogP contribution in [0.25, 0.3) is 0 Å². The van der Waals surface area contributed by atoms with E-state index >= 15 is 0 Å². The Bertz CT molecular complexity index is 482. The Kier molecular flexibility index (Phi) is 5.81. The van der Waals surface area contributed by atoms with Crippen molar-refractivity contribution in [3.63, 3.8) is 0 Å². The maximum absolute atomic E-state index is 13.8. The number of halogens is 4.